The van der Waals surface area contributed by atoms with Gasteiger partial charge in [0.1, 0.15) is 29.9 Å². The zero-order valence-electron chi connectivity index (χ0n) is 19.0. The number of amides is 2. The van der Waals surface area contributed by atoms with E-state index >= 15 is 8.78 Å². The van der Waals surface area contributed by atoms with Gasteiger partial charge in [-0.25, -0.2) is 18.4 Å². The Morgan fingerprint density at radius 2 is 1.85 bits per heavy atom. The van der Waals surface area contributed by atoms with Gasteiger partial charge in [-0.2, -0.15) is 8.42 Å². The molecule has 2 fully saturated rings. The first-order valence-electron chi connectivity index (χ1n) is 10.6. The number of halogens is 2. The van der Waals surface area contributed by atoms with Gasteiger partial charge in [-0.15, -0.1) is 0 Å². The minimum atomic E-state index is -3.74. The first-order valence-corrected chi connectivity index (χ1v) is 12.4. The Labute approximate surface area is 191 Å². The molecule has 2 atom stereocenters. The van der Waals surface area contributed by atoms with E-state index in [1.54, 1.807) is 20.8 Å². The molecule has 2 amide bonds. The third-order valence-electron chi connectivity index (χ3n) is 5.18. The summed E-state index contributed by atoms with van der Waals surface area (Å²) in [5.41, 5.74) is -1.11. The first-order chi connectivity index (χ1) is 15.2. The molecular weight excluding hydrogens is 462 g/mol. The van der Waals surface area contributed by atoms with E-state index in [4.69, 9.17) is 9.47 Å². The van der Waals surface area contributed by atoms with E-state index in [-0.39, 0.29) is 17.8 Å². The van der Waals surface area contributed by atoms with E-state index in [0.717, 1.165) is 23.3 Å². The van der Waals surface area contributed by atoms with Gasteiger partial charge in [-0.1, -0.05) is 0 Å². The van der Waals surface area contributed by atoms with Crippen LogP contribution in [-0.4, -0.2) is 63.2 Å². The molecule has 3 rings (SSSR count). The second kappa shape index (κ2) is 9.41. The summed E-state index contributed by atoms with van der Waals surface area (Å²) in [6, 6.07) is 1.16. The molecule has 0 saturated carbocycles. The third-order valence-corrected chi connectivity index (χ3v) is 5.75. The number of carbonyl (C=O) groups is 2. The molecule has 2 aliphatic heterocycles. The molecule has 1 aromatic carbocycles. The van der Waals surface area contributed by atoms with Crippen LogP contribution < -0.4 is 4.90 Å². The maximum Gasteiger partial charge on any atom is 0.414 e. The van der Waals surface area contributed by atoms with Crippen molar-refractivity contribution in [2.24, 2.45) is 0 Å². The summed E-state index contributed by atoms with van der Waals surface area (Å²) in [4.78, 5) is 27.2. The molecule has 2 saturated heterocycles. The average molecular weight is 491 g/mol. The van der Waals surface area contributed by atoms with Gasteiger partial charge in [0.15, 0.2) is 0 Å². The van der Waals surface area contributed by atoms with E-state index in [2.05, 4.69) is 4.18 Å². The summed E-state index contributed by atoms with van der Waals surface area (Å²) in [6.07, 6.45) is 0.154. The molecule has 1 aromatic rings. The zero-order valence-corrected chi connectivity index (χ0v) is 19.8. The Hall–Kier alpha value is -2.47. The lowest BCUT2D eigenvalue weighted by Gasteiger charge is -2.37. The van der Waals surface area contributed by atoms with Crippen molar-refractivity contribution in [3.8, 4) is 0 Å². The van der Waals surface area contributed by atoms with Crippen LogP contribution in [-0.2, 0) is 23.8 Å². The van der Waals surface area contributed by atoms with Crippen molar-refractivity contribution in [3.05, 3.63) is 29.3 Å². The molecule has 0 aliphatic carbocycles. The van der Waals surface area contributed by atoms with Crippen LogP contribution in [0, 0.1) is 11.6 Å². The van der Waals surface area contributed by atoms with Gasteiger partial charge in [0.25, 0.3) is 10.1 Å². The number of cyclic esters (lactones) is 1. The highest BCUT2D eigenvalue weighted by atomic mass is 32.2. The highest BCUT2D eigenvalue weighted by molar-refractivity contribution is 7.85. The molecule has 1 unspecified atom stereocenters. The Bertz CT molecular complexity index is 1000. The highest BCUT2D eigenvalue weighted by Crippen LogP contribution is 2.37. The van der Waals surface area contributed by atoms with Gasteiger partial charge in [-0.05, 0) is 52.2 Å². The van der Waals surface area contributed by atoms with Crippen molar-refractivity contribution < 1.29 is 40.4 Å². The van der Waals surface area contributed by atoms with Gasteiger partial charge in [-0.3, -0.25) is 9.08 Å². The quantitative estimate of drug-likeness (QED) is 0.580. The van der Waals surface area contributed by atoms with Crippen LogP contribution in [0.25, 0.3) is 0 Å². The van der Waals surface area contributed by atoms with E-state index in [0.29, 0.717) is 25.8 Å². The van der Waals surface area contributed by atoms with Gasteiger partial charge in [0.05, 0.1) is 24.5 Å². The molecule has 33 heavy (non-hydrogen) atoms. The standard InChI is InChI=1S/C21H28F2N2O7S/c1-21(2,3)32-20(27)24-8-6-5-7-17(24)18-15(22)9-13(10-16(18)23)25-11-14(31-19(25)26)12-30-33(4,28)29/h9-10,14,17H,5-8,11-12H2,1-4H3/t14?,17-/m1/s1. The number of hydrogen-bond acceptors (Lipinski definition) is 7. The number of benzene rings is 1. The first kappa shape index (κ1) is 25.2. The second-order valence-electron chi connectivity index (χ2n) is 9.11. The van der Waals surface area contributed by atoms with Crippen LogP contribution >= 0.6 is 0 Å². The summed E-state index contributed by atoms with van der Waals surface area (Å²) in [5, 5.41) is 0. The minimum Gasteiger partial charge on any atom is -0.444 e. The SMILES string of the molecule is CC(C)(C)OC(=O)N1CCCC[C@@H]1c1c(F)cc(N2CC(COS(C)(=O)=O)OC2=O)cc1F. The van der Waals surface area contributed by atoms with Crippen LogP contribution in [0.5, 0.6) is 0 Å². The fourth-order valence-electron chi connectivity index (χ4n) is 3.83. The third kappa shape index (κ3) is 6.32. The van der Waals surface area contributed by atoms with Crippen molar-refractivity contribution in [2.75, 3.05) is 30.9 Å². The van der Waals surface area contributed by atoms with E-state index in [9.17, 15) is 18.0 Å². The molecule has 2 aliphatic rings. The molecule has 0 radical (unpaired) electrons. The summed E-state index contributed by atoms with van der Waals surface area (Å²) in [6.45, 7) is 4.90. The molecule has 0 N–H and O–H groups in total. The lowest BCUT2D eigenvalue weighted by Crippen LogP contribution is -2.42. The van der Waals surface area contributed by atoms with E-state index in [1.807, 2.05) is 0 Å². The van der Waals surface area contributed by atoms with E-state index in [1.165, 1.54) is 4.90 Å². The van der Waals surface area contributed by atoms with E-state index < -0.39 is 58.3 Å². The van der Waals surface area contributed by atoms with Crippen LogP contribution in [0.4, 0.5) is 24.1 Å². The van der Waals surface area contributed by atoms with Crippen LogP contribution in [0.1, 0.15) is 51.6 Å². The Balaban J connectivity index is 1.82. The summed E-state index contributed by atoms with van der Waals surface area (Å²) in [5.74, 6) is -1.82. The fraction of sp³-hybridized carbons (Fsp3) is 0.619. The highest BCUT2D eigenvalue weighted by Gasteiger charge is 2.37. The molecule has 0 aromatic heterocycles. The zero-order chi connectivity index (χ0) is 24.6. The molecule has 184 valence electrons. The maximum atomic E-state index is 15.2. The summed E-state index contributed by atoms with van der Waals surface area (Å²) >= 11 is 0. The molecule has 0 spiro atoms. The number of piperidine rings is 1. The van der Waals surface area contributed by atoms with Gasteiger partial charge in [0.2, 0.25) is 0 Å². The molecule has 2 heterocycles. The molecule has 12 heteroatoms. The van der Waals surface area contributed by atoms with Crippen molar-refractivity contribution in [1.29, 1.82) is 0 Å². The number of nitrogens with zero attached hydrogens (tertiary/aromatic N) is 2. The maximum absolute atomic E-state index is 15.2. The second-order valence-corrected chi connectivity index (χ2v) is 10.8. The normalized spacial score (nSPS) is 21.8. The average Bonchev–Trinajstić information content (AvgIpc) is 3.05. The lowest BCUT2D eigenvalue weighted by atomic mass is 9.94. The number of likely N-dealkylation sites (tertiary alicyclic amines) is 1. The molecular formula is C21H28F2N2O7S. The smallest absolute Gasteiger partial charge is 0.414 e. The summed E-state index contributed by atoms with van der Waals surface area (Å²) < 4.78 is 67.6. The van der Waals surface area contributed by atoms with Crippen molar-refractivity contribution >= 4 is 28.0 Å². The van der Waals surface area contributed by atoms with Crippen LogP contribution in [0.15, 0.2) is 12.1 Å². The lowest BCUT2D eigenvalue weighted by molar-refractivity contribution is 0.00874. The fourth-order valence-corrected chi connectivity index (χ4v) is 4.23. The Morgan fingerprint density at radius 3 is 2.42 bits per heavy atom. The monoisotopic (exact) mass is 490 g/mol. The minimum absolute atomic E-state index is 0.0831. The number of carbonyl (C=O) groups excluding carboxylic acids is 2. The van der Waals surface area contributed by atoms with Gasteiger partial charge >= 0.3 is 12.2 Å². The van der Waals surface area contributed by atoms with Crippen molar-refractivity contribution in [2.45, 2.75) is 57.8 Å². The molecule has 9 nitrogen and oxygen atoms in total. The predicted molar refractivity (Wildman–Crippen MR) is 114 cm³/mol. The molecule has 0 bridgehead atoms. The topological polar surface area (TPSA) is 102 Å². The number of rotatable bonds is 5. The van der Waals surface area contributed by atoms with Crippen molar-refractivity contribution in [3.63, 3.8) is 0 Å². The predicted octanol–water partition coefficient (Wildman–Crippen LogP) is 3.73. The number of hydrogen-bond donors (Lipinski definition) is 0. The van der Waals surface area contributed by atoms with Gasteiger partial charge < -0.3 is 14.4 Å². The van der Waals surface area contributed by atoms with Crippen LogP contribution in [0.2, 0.25) is 0 Å². The number of ether oxygens (including phenoxy) is 2. The Kier molecular flexibility index (Phi) is 7.18. The summed E-state index contributed by atoms with van der Waals surface area (Å²) in [7, 11) is -3.74. The Morgan fingerprint density at radius 1 is 1.21 bits per heavy atom. The van der Waals surface area contributed by atoms with Crippen molar-refractivity contribution in [1.82, 2.24) is 4.90 Å². The number of anilines is 1. The largest absolute Gasteiger partial charge is 0.444 e. The van der Waals surface area contributed by atoms with Crippen LogP contribution in [0.3, 0.4) is 0 Å². The van der Waals surface area contributed by atoms with Gasteiger partial charge in [0, 0.05) is 12.1 Å².